The Kier molecular flexibility index (Phi) is 6.26. The van der Waals surface area contributed by atoms with Crippen molar-refractivity contribution in [3.63, 3.8) is 0 Å². The summed E-state index contributed by atoms with van der Waals surface area (Å²) in [7, 11) is 0. The molecule has 3 saturated heterocycles. The topological polar surface area (TPSA) is 119 Å². The van der Waals surface area contributed by atoms with Gasteiger partial charge in [-0.3, -0.25) is 4.99 Å². The number of halogens is 1. The fourth-order valence-corrected chi connectivity index (χ4v) is 3.83. The van der Waals surface area contributed by atoms with Crippen LogP contribution in [-0.4, -0.2) is 66.8 Å². The lowest BCUT2D eigenvalue weighted by molar-refractivity contribution is 0.0718. The number of hydrogen-bond acceptors (Lipinski definition) is 9. The minimum absolute atomic E-state index is 0.0127. The number of hydrogen-bond donors (Lipinski definition) is 4. The molecule has 3 fully saturated rings. The molecule has 0 spiro atoms. The molecule has 5 N–H and O–H groups in total. The molecular formula is C18H26ClN7O2. The van der Waals surface area contributed by atoms with Crippen molar-refractivity contribution in [1.82, 2.24) is 15.3 Å². The molecule has 0 aliphatic carbocycles. The monoisotopic (exact) mass is 407 g/mol. The van der Waals surface area contributed by atoms with E-state index in [2.05, 4.69) is 30.9 Å². The normalized spacial score (nSPS) is 28.6. The summed E-state index contributed by atoms with van der Waals surface area (Å²) in [5, 5.41) is 10.2. The second-order valence-corrected chi connectivity index (χ2v) is 7.55. The minimum atomic E-state index is 0.0127. The highest BCUT2D eigenvalue weighted by Crippen LogP contribution is 2.30. The van der Waals surface area contributed by atoms with E-state index in [1.165, 1.54) is 6.20 Å². The molecule has 152 valence electrons. The van der Waals surface area contributed by atoms with Crippen molar-refractivity contribution >= 4 is 29.6 Å². The van der Waals surface area contributed by atoms with E-state index >= 15 is 0 Å². The molecule has 3 unspecified atom stereocenters. The van der Waals surface area contributed by atoms with Crippen molar-refractivity contribution in [3.8, 4) is 0 Å². The second-order valence-electron chi connectivity index (χ2n) is 7.14. The lowest BCUT2D eigenvalue weighted by Crippen LogP contribution is -2.34. The molecule has 4 rings (SSSR count). The van der Waals surface area contributed by atoms with Crippen molar-refractivity contribution in [2.45, 2.75) is 43.6 Å². The number of nitrogens with one attached hydrogen (secondary N) is 3. The Morgan fingerprint density at radius 2 is 2.18 bits per heavy atom. The number of allylic oxidation sites excluding steroid dienone is 1. The molecule has 1 aromatic rings. The van der Waals surface area contributed by atoms with Gasteiger partial charge in [0.1, 0.15) is 11.1 Å². The third kappa shape index (κ3) is 4.54. The maximum absolute atomic E-state index is 6.28. The van der Waals surface area contributed by atoms with Crippen LogP contribution in [0.4, 0.5) is 11.8 Å². The van der Waals surface area contributed by atoms with Gasteiger partial charge in [-0.05, 0) is 32.4 Å². The van der Waals surface area contributed by atoms with Crippen LogP contribution in [-0.2, 0) is 9.47 Å². The lowest BCUT2D eigenvalue weighted by Gasteiger charge is -2.19. The zero-order valence-electron chi connectivity index (χ0n) is 15.6. The molecule has 0 saturated carbocycles. The van der Waals surface area contributed by atoms with Crippen molar-refractivity contribution in [2.75, 3.05) is 36.9 Å². The first-order valence-corrected chi connectivity index (χ1v) is 10.1. The number of aliphatic imine (C=N–C) groups is 1. The van der Waals surface area contributed by atoms with Crippen LogP contribution in [0.15, 0.2) is 23.1 Å². The van der Waals surface area contributed by atoms with Gasteiger partial charge in [-0.1, -0.05) is 11.6 Å². The standard InChI is InChI=1S/C18H26ClN7O2/c19-13-9-23-18(24-12(7-20)8-22-11-1-4-21-5-2-11)26-17(13)25-14-10-28-15-3-6-27-16(14)15/h7-9,11,14-16,21H,1-6,10,20H2,(H2,23,24,25,26). The summed E-state index contributed by atoms with van der Waals surface area (Å²) in [4.78, 5) is 13.3. The average molecular weight is 408 g/mol. The second kappa shape index (κ2) is 9.04. The van der Waals surface area contributed by atoms with E-state index in [4.69, 9.17) is 26.8 Å². The Bertz CT molecular complexity index is 739. The van der Waals surface area contributed by atoms with Gasteiger partial charge in [-0.25, -0.2) is 4.98 Å². The molecule has 1 aromatic heterocycles. The van der Waals surface area contributed by atoms with Gasteiger partial charge >= 0.3 is 0 Å². The molecule has 9 nitrogen and oxygen atoms in total. The van der Waals surface area contributed by atoms with Crippen LogP contribution >= 0.6 is 11.6 Å². The van der Waals surface area contributed by atoms with E-state index < -0.39 is 0 Å². The van der Waals surface area contributed by atoms with E-state index in [1.807, 2.05) is 0 Å². The number of ether oxygens (including phenoxy) is 2. The Morgan fingerprint density at radius 3 is 3.00 bits per heavy atom. The number of fused-ring (bicyclic) bond motifs is 1. The lowest BCUT2D eigenvalue weighted by atomic mass is 10.1. The van der Waals surface area contributed by atoms with Crippen molar-refractivity contribution in [1.29, 1.82) is 0 Å². The number of anilines is 2. The molecule has 0 radical (unpaired) electrons. The number of rotatable bonds is 6. The van der Waals surface area contributed by atoms with Crippen LogP contribution in [0.2, 0.25) is 5.02 Å². The highest BCUT2D eigenvalue weighted by atomic mass is 35.5. The van der Waals surface area contributed by atoms with E-state index in [-0.39, 0.29) is 18.2 Å². The maximum atomic E-state index is 6.28. The van der Waals surface area contributed by atoms with Gasteiger partial charge < -0.3 is 31.2 Å². The van der Waals surface area contributed by atoms with Gasteiger partial charge in [0.2, 0.25) is 5.95 Å². The molecule has 0 amide bonds. The number of aromatic nitrogens is 2. The fraction of sp³-hybridized carbons (Fsp3) is 0.611. The van der Waals surface area contributed by atoms with E-state index in [1.54, 1.807) is 12.4 Å². The predicted molar refractivity (Wildman–Crippen MR) is 109 cm³/mol. The summed E-state index contributed by atoms with van der Waals surface area (Å²) in [6.07, 6.45) is 7.89. The molecule has 3 atom stereocenters. The van der Waals surface area contributed by atoms with Crippen LogP contribution in [0.25, 0.3) is 0 Å². The Morgan fingerprint density at radius 1 is 1.32 bits per heavy atom. The van der Waals surface area contributed by atoms with E-state index in [9.17, 15) is 0 Å². The molecule has 0 bridgehead atoms. The largest absolute Gasteiger partial charge is 0.403 e. The predicted octanol–water partition coefficient (Wildman–Crippen LogP) is 1.13. The molecule has 28 heavy (non-hydrogen) atoms. The molecule has 0 aromatic carbocycles. The zero-order chi connectivity index (χ0) is 19.3. The number of nitrogens with two attached hydrogens (primary N) is 1. The van der Waals surface area contributed by atoms with Crippen LogP contribution in [0.1, 0.15) is 19.3 Å². The highest BCUT2D eigenvalue weighted by Gasteiger charge is 2.42. The Balaban J connectivity index is 1.40. The van der Waals surface area contributed by atoms with Crippen molar-refractivity contribution in [2.24, 2.45) is 10.7 Å². The van der Waals surface area contributed by atoms with E-state index in [0.29, 0.717) is 35.1 Å². The van der Waals surface area contributed by atoms with Gasteiger partial charge in [0.25, 0.3) is 0 Å². The summed E-state index contributed by atoms with van der Waals surface area (Å²) < 4.78 is 11.5. The van der Waals surface area contributed by atoms with Crippen molar-refractivity contribution in [3.05, 3.63) is 23.1 Å². The molecular weight excluding hydrogens is 382 g/mol. The number of nitrogens with zero attached hydrogens (tertiary/aromatic N) is 3. The summed E-state index contributed by atoms with van der Waals surface area (Å²) >= 11 is 6.28. The summed E-state index contributed by atoms with van der Waals surface area (Å²) in [6, 6.07) is 0.321. The maximum Gasteiger partial charge on any atom is 0.229 e. The molecule has 3 aliphatic rings. The third-order valence-corrected chi connectivity index (χ3v) is 5.48. The third-order valence-electron chi connectivity index (χ3n) is 5.20. The minimum Gasteiger partial charge on any atom is -0.403 e. The van der Waals surface area contributed by atoms with Gasteiger partial charge in [0.05, 0.1) is 36.7 Å². The SMILES string of the molecule is NC=C(C=NC1CCNCC1)Nc1ncc(Cl)c(NC2COC3CCOC23)n1. The molecule has 3 aliphatic heterocycles. The molecule has 10 heteroatoms. The van der Waals surface area contributed by atoms with E-state index in [0.717, 1.165) is 39.0 Å². The Labute approximate surface area is 169 Å². The first kappa shape index (κ1) is 19.4. The summed E-state index contributed by atoms with van der Waals surface area (Å²) in [5.41, 5.74) is 6.37. The quantitative estimate of drug-likeness (QED) is 0.518. The summed E-state index contributed by atoms with van der Waals surface area (Å²) in [6.45, 7) is 3.26. The van der Waals surface area contributed by atoms with Crippen LogP contribution < -0.4 is 21.7 Å². The summed E-state index contributed by atoms with van der Waals surface area (Å²) in [5.74, 6) is 0.929. The first-order chi connectivity index (χ1) is 13.7. The van der Waals surface area contributed by atoms with Crippen molar-refractivity contribution < 1.29 is 9.47 Å². The zero-order valence-corrected chi connectivity index (χ0v) is 16.4. The molecule has 4 heterocycles. The van der Waals surface area contributed by atoms with Gasteiger partial charge in [-0.15, -0.1) is 0 Å². The van der Waals surface area contributed by atoms with Gasteiger partial charge in [0.15, 0.2) is 5.82 Å². The fourth-order valence-electron chi connectivity index (χ4n) is 3.68. The van der Waals surface area contributed by atoms with Gasteiger partial charge in [0, 0.05) is 19.0 Å². The number of piperidine rings is 1. The van der Waals surface area contributed by atoms with Crippen LogP contribution in [0.5, 0.6) is 0 Å². The first-order valence-electron chi connectivity index (χ1n) is 9.68. The Hall–Kier alpha value is -1.94. The average Bonchev–Trinajstić information content (AvgIpc) is 3.33. The highest BCUT2D eigenvalue weighted by molar-refractivity contribution is 6.32. The van der Waals surface area contributed by atoms with Gasteiger partial charge in [-0.2, -0.15) is 4.98 Å². The van der Waals surface area contributed by atoms with Crippen LogP contribution in [0, 0.1) is 0 Å². The van der Waals surface area contributed by atoms with Crippen LogP contribution in [0.3, 0.4) is 0 Å². The smallest absolute Gasteiger partial charge is 0.229 e.